The Kier molecular flexibility index (Phi) is 3.70. The van der Waals surface area contributed by atoms with Gasteiger partial charge < -0.3 is 13.3 Å². The first-order valence-corrected chi connectivity index (χ1v) is 8.57. The van der Waals surface area contributed by atoms with Crippen LogP contribution in [0.5, 0.6) is 0 Å². The summed E-state index contributed by atoms with van der Waals surface area (Å²) in [6, 6.07) is 0.983. The lowest BCUT2D eigenvalue weighted by atomic mass is 9.46. The molecule has 3 aliphatic carbocycles. The molecule has 0 aromatic carbocycles. The van der Waals surface area contributed by atoms with Gasteiger partial charge in [0.15, 0.2) is 0 Å². The second-order valence-electron chi connectivity index (χ2n) is 6.20. The van der Waals surface area contributed by atoms with Crippen LogP contribution in [0.25, 0.3) is 0 Å². The minimum absolute atomic E-state index is 0.526. The molecule has 0 N–H and O–H groups in total. The fraction of sp³-hybridized carbons (Fsp3) is 1.00. The zero-order valence-corrected chi connectivity index (χ0v) is 12.8. The van der Waals surface area contributed by atoms with E-state index in [1.807, 2.05) is 0 Å². The van der Waals surface area contributed by atoms with Crippen molar-refractivity contribution in [1.29, 1.82) is 0 Å². The average molecular weight is 258 g/mol. The first-order chi connectivity index (χ1) is 7.99. The zero-order chi connectivity index (χ0) is 12.7. The minimum atomic E-state index is -2.38. The molecule has 3 atom stereocenters. The van der Waals surface area contributed by atoms with Gasteiger partial charge in [0, 0.05) is 27.4 Å². The van der Waals surface area contributed by atoms with Crippen LogP contribution in [0.2, 0.25) is 6.04 Å². The summed E-state index contributed by atoms with van der Waals surface area (Å²) < 4.78 is 16.7. The molecule has 4 heteroatoms. The summed E-state index contributed by atoms with van der Waals surface area (Å²) in [6.07, 6.45) is 4.10. The van der Waals surface area contributed by atoms with Crippen LogP contribution in [0.4, 0.5) is 0 Å². The number of rotatable bonds is 5. The van der Waals surface area contributed by atoms with E-state index in [2.05, 4.69) is 13.8 Å². The lowest BCUT2D eigenvalue weighted by Crippen LogP contribution is -2.55. The molecule has 0 heterocycles. The highest BCUT2D eigenvalue weighted by atomic mass is 28.4. The molecule has 3 unspecified atom stereocenters. The standard InChI is InChI=1S/C13H26O3Si/c1-13(2)11-7-6-10(12(13)8-11)9-17(14-3,15-4)16-5/h10-12H,6-9H2,1-5H3. The smallest absolute Gasteiger partial charge is 0.377 e. The van der Waals surface area contributed by atoms with Crippen molar-refractivity contribution in [2.75, 3.05) is 21.3 Å². The van der Waals surface area contributed by atoms with Crippen LogP contribution in [0.15, 0.2) is 0 Å². The molecule has 3 fully saturated rings. The van der Waals surface area contributed by atoms with E-state index in [1.165, 1.54) is 19.3 Å². The molecule has 0 saturated heterocycles. The van der Waals surface area contributed by atoms with Crippen LogP contribution < -0.4 is 0 Å². The molecule has 3 nitrogen and oxygen atoms in total. The lowest BCUT2D eigenvalue weighted by Gasteiger charge is -2.60. The Morgan fingerprint density at radius 3 is 2.06 bits per heavy atom. The summed E-state index contributed by atoms with van der Waals surface area (Å²) in [5.41, 5.74) is 0.526. The van der Waals surface area contributed by atoms with Gasteiger partial charge in [0.2, 0.25) is 0 Å². The van der Waals surface area contributed by atoms with Gasteiger partial charge >= 0.3 is 8.80 Å². The van der Waals surface area contributed by atoms with Crippen LogP contribution in [-0.2, 0) is 13.3 Å². The van der Waals surface area contributed by atoms with Crippen molar-refractivity contribution in [2.45, 2.75) is 39.2 Å². The third kappa shape index (κ3) is 2.09. The normalized spacial score (nSPS) is 35.5. The maximum Gasteiger partial charge on any atom is 0.500 e. The van der Waals surface area contributed by atoms with Crippen molar-refractivity contribution < 1.29 is 13.3 Å². The van der Waals surface area contributed by atoms with E-state index in [4.69, 9.17) is 13.3 Å². The molecular weight excluding hydrogens is 232 g/mol. The Balaban J connectivity index is 2.03. The summed E-state index contributed by atoms with van der Waals surface area (Å²) in [5.74, 6) is 2.52. The predicted octanol–water partition coefficient (Wildman–Crippen LogP) is 2.94. The average Bonchev–Trinajstić information content (AvgIpc) is 2.36. The highest BCUT2D eigenvalue weighted by Gasteiger charge is 2.56. The molecule has 0 amide bonds. The molecular formula is C13H26O3Si. The molecule has 3 aliphatic rings. The second kappa shape index (κ2) is 4.65. The first-order valence-electron chi connectivity index (χ1n) is 6.64. The van der Waals surface area contributed by atoms with Gasteiger partial charge in [0.05, 0.1) is 0 Å². The van der Waals surface area contributed by atoms with E-state index in [0.29, 0.717) is 5.41 Å². The molecule has 0 spiro atoms. The highest BCUT2D eigenvalue weighted by Crippen LogP contribution is 2.62. The maximum absolute atomic E-state index is 5.57. The lowest BCUT2D eigenvalue weighted by molar-refractivity contribution is -0.103. The number of hydrogen-bond donors (Lipinski definition) is 0. The third-order valence-electron chi connectivity index (χ3n) is 5.45. The molecule has 0 aliphatic heterocycles. The van der Waals surface area contributed by atoms with Gasteiger partial charge in [-0.3, -0.25) is 0 Å². The molecule has 2 bridgehead atoms. The van der Waals surface area contributed by atoms with Gasteiger partial charge in [-0.25, -0.2) is 0 Å². The van der Waals surface area contributed by atoms with Crippen molar-refractivity contribution in [1.82, 2.24) is 0 Å². The fourth-order valence-corrected chi connectivity index (χ4v) is 6.16. The molecule has 0 radical (unpaired) electrons. The van der Waals surface area contributed by atoms with E-state index >= 15 is 0 Å². The molecule has 0 aromatic rings. The van der Waals surface area contributed by atoms with E-state index < -0.39 is 8.80 Å². The topological polar surface area (TPSA) is 27.7 Å². The summed E-state index contributed by atoms with van der Waals surface area (Å²) in [5, 5.41) is 0. The summed E-state index contributed by atoms with van der Waals surface area (Å²) in [4.78, 5) is 0. The van der Waals surface area contributed by atoms with Crippen molar-refractivity contribution in [3.05, 3.63) is 0 Å². The Hall–Kier alpha value is 0.0969. The van der Waals surface area contributed by atoms with Crippen LogP contribution in [0.3, 0.4) is 0 Å². The van der Waals surface area contributed by atoms with Crippen LogP contribution >= 0.6 is 0 Å². The largest absolute Gasteiger partial charge is 0.500 e. The van der Waals surface area contributed by atoms with Crippen LogP contribution in [0, 0.1) is 23.2 Å². The van der Waals surface area contributed by atoms with Crippen LogP contribution in [-0.4, -0.2) is 30.1 Å². The first kappa shape index (κ1) is 13.5. The molecule has 0 aromatic heterocycles. The predicted molar refractivity (Wildman–Crippen MR) is 69.7 cm³/mol. The van der Waals surface area contributed by atoms with Gasteiger partial charge in [0.25, 0.3) is 0 Å². The molecule has 17 heavy (non-hydrogen) atoms. The monoisotopic (exact) mass is 258 g/mol. The summed E-state index contributed by atoms with van der Waals surface area (Å²) in [6.45, 7) is 4.85. The minimum Gasteiger partial charge on any atom is -0.377 e. The molecule has 3 saturated carbocycles. The van der Waals surface area contributed by atoms with E-state index in [1.54, 1.807) is 21.3 Å². The van der Waals surface area contributed by atoms with Gasteiger partial charge in [-0.05, 0) is 42.4 Å². The van der Waals surface area contributed by atoms with Crippen molar-refractivity contribution >= 4 is 8.80 Å². The van der Waals surface area contributed by atoms with Crippen molar-refractivity contribution in [2.24, 2.45) is 23.2 Å². The van der Waals surface area contributed by atoms with Crippen molar-refractivity contribution in [3.8, 4) is 0 Å². The Bertz CT molecular complexity index is 266. The maximum atomic E-state index is 5.57. The summed E-state index contributed by atoms with van der Waals surface area (Å²) in [7, 11) is 2.77. The Morgan fingerprint density at radius 1 is 1.06 bits per heavy atom. The van der Waals surface area contributed by atoms with E-state index in [-0.39, 0.29) is 0 Å². The summed E-state index contributed by atoms with van der Waals surface area (Å²) >= 11 is 0. The van der Waals surface area contributed by atoms with E-state index in [0.717, 1.165) is 23.8 Å². The SMILES string of the molecule is CO[Si](CC1CCC2CC1C2(C)C)(OC)OC. The van der Waals surface area contributed by atoms with Gasteiger partial charge in [-0.1, -0.05) is 13.8 Å². The number of hydrogen-bond acceptors (Lipinski definition) is 3. The number of fused-ring (bicyclic) bond motifs is 2. The second-order valence-corrected chi connectivity index (χ2v) is 9.20. The van der Waals surface area contributed by atoms with Gasteiger partial charge in [-0.2, -0.15) is 0 Å². The van der Waals surface area contributed by atoms with Gasteiger partial charge in [-0.15, -0.1) is 0 Å². The van der Waals surface area contributed by atoms with Crippen LogP contribution in [0.1, 0.15) is 33.1 Å². The fourth-order valence-electron chi connectivity index (χ4n) is 4.03. The molecule has 3 rings (SSSR count). The Labute approximate surface area is 106 Å². The van der Waals surface area contributed by atoms with Crippen molar-refractivity contribution in [3.63, 3.8) is 0 Å². The third-order valence-corrected chi connectivity index (χ3v) is 8.34. The quantitative estimate of drug-likeness (QED) is 0.710. The van der Waals surface area contributed by atoms with Gasteiger partial charge in [0.1, 0.15) is 0 Å². The highest BCUT2D eigenvalue weighted by molar-refractivity contribution is 6.60. The van der Waals surface area contributed by atoms with E-state index in [9.17, 15) is 0 Å². The zero-order valence-electron chi connectivity index (χ0n) is 11.8. The molecule has 100 valence electrons. The Morgan fingerprint density at radius 2 is 1.65 bits per heavy atom.